The first-order valence-corrected chi connectivity index (χ1v) is 7.86. The molecule has 1 amide bonds. The van der Waals surface area contributed by atoms with E-state index in [2.05, 4.69) is 5.32 Å². The summed E-state index contributed by atoms with van der Waals surface area (Å²) in [6.45, 7) is 0. The number of rotatable bonds is 6. The van der Waals surface area contributed by atoms with Crippen LogP contribution in [0.1, 0.15) is 31.2 Å². The summed E-state index contributed by atoms with van der Waals surface area (Å²) in [5.74, 6) is 0.988. The average molecular weight is 330 g/mol. The molecule has 2 rings (SSSR count). The van der Waals surface area contributed by atoms with E-state index < -0.39 is 0 Å². The lowest BCUT2D eigenvalue weighted by atomic mass is 10.1. The van der Waals surface area contributed by atoms with Crippen molar-refractivity contribution < 1.29 is 19.0 Å². The number of hydrogen-bond acceptors (Lipinski definition) is 5. The van der Waals surface area contributed by atoms with Crippen LogP contribution in [-0.4, -0.2) is 33.3 Å². The molecular weight excluding hydrogens is 308 g/mol. The fraction of sp³-hybridized carbons (Fsp3) is 0.444. The van der Waals surface area contributed by atoms with Crippen molar-refractivity contribution in [2.24, 2.45) is 0 Å². The summed E-state index contributed by atoms with van der Waals surface area (Å²) in [6, 6.07) is 5.55. The first-order chi connectivity index (χ1) is 11.6. The highest BCUT2D eigenvalue weighted by molar-refractivity contribution is 6.02. The lowest BCUT2D eigenvalue weighted by Crippen LogP contribution is -2.33. The van der Waals surface area contributed by atoms with Gasteiger partial charge in [-0.15, -0.1) is 0 Å². The number of methoxy groups -OCH3 is 3. The van der Waals surface area contributed by atoms with E-state index in [1.54, 1.807) is 12.1 Å². The van der Waals surface area contributed by atoms with Crippen molar-refractivity contribution in [3.8, 4) is 23.3 Å². The normalized spacial score (nSPS) is 14.8. The maximum Gasteiger partial charge on any atom is 0.262 e. The summed E-state index contributed by atoms with van der Waals surface area (Å²) in [5.41, 5.74) is 0.612. The molecule has 0 unspecified atom stereocenters. The number of benzene rings is 1. The van der Waals surface area contributed by atoms with E-state index in [4.69, 9.17) is 14.2 Å². The number of carbonyl (C=O) groups is 1. The van der Waals surface area contributed by atoms with Crippen molar-refractivity contribution in [2.75, 3.05) is 21.3 Å². The van der Waals surface area contributed by atoms with Crippen LogP contribution in [0.25, 0.3) is 6.08 Å². The molecule has 6 heteroatoms. The predicted octanol–water partition coefficient (Wildman–Crippen LogP) is 2.68. The van der Waals surface area contributed by atoms with Gasteiger partial charge in [-0.3, -0.25) is 4.79 Å². The van der Waals surface area contributed by atoms with Gasteiger partial charge in [-0.1, -0.05) is 12.8 Å². The van der Waals surface area contributed by atoms with Crippen LogP contribution in [0.3, 0.4) is 0 Å². The summed E-state index contributed by atoms with van der Waals surface area (Å²) in [4.78, 5) is 12.3. The number of ether oxygens (including phenoxy) is 3. The van der Waals surface area contributed by atoms with Gasteiger partial charge in [-0.25, -0.2) is 0 Å². The van der Waals surface area contributed by atoms with E-state index in [-0.39, 0.29) is 17.5 Å². The van der Waals surface area contributed by atoms with Crippen molar-refractivity contribution >= 4 is 12.0 Å². The molecule has 128 valence electrons. The largest absolute Gasteiger partial charge is 0.493 e. The molecule has 1 saturated carbocycles. The maximum absolute atomic E-state index is 12.3. The van der Waals surface area contributed by atoms with Crippen molar-refractivity contribution in [1.82, 2.24) is 5.32 Å². The lowest BCUT2D eigenvalue weighted by molar-refractivity contribution is -0.117. The molecule has 0 radical (unpaired) electrons. The molecule has 6 nitrogen and oxygen atoms in total. The van der Waals surface area contributed by atoms with Gasteiger partial charge in [0.2, 0.25) is 5.75 Å². The van der Waals surface area contributed by atoms with Gasteiger partial charge in [-0.05, 0) is 31.1 Å². The third kappa shape index (κ3) is 3.80. The smallest absolute Gasteiger partial charge is 0.262 e. The Morgan fingerprint density at radius 2 is 1.83 bits per heavy atom. The molecule has 0 spiro atoms. The van der Waals surface area contributed by atoms with E-state index in [1.165, 1.54) is 27.4 Å². The molecule has 0 saturated heterocycles. The Bertz CT molecular complexity index is 670. The number of carbonyl (C=O) groups excluding carboxylic acids is 1. The van der Waals surface area contributed by atoms with E-state index >= 15 is 0 Å². The predicted molar refractivity (Wildman–Crippen MR) is 90.1 cm³/mol. The van der Waals surface area contributed by atoms with Gasteiger partial charge < -0.3 is 19.5 Å². The second-order valence-corrected chi connectivity index (χ2v) is 5.55. The highest BCUT2D eigenvalue weighted by atomic mass is 16.5. The quantitative estimate of drug-likeness (QED) is 0.641. The van der Waals surface area contributed by atoms with Gasteiger partial charge in [0.25, 0.3) is 5.91 Å². The first kappa shape index (κ1) is 17.7. The van der Waals surface area contributed by atoms with Crippen LogP contribution < -0.4 is 19.5 Å². The molecule has 1 aliphatic carbocycles. The number of amides is 1. The maximum atomic E-state index is 12.3. The number of nitrogens with zero attached hydrogens (tertiary/aromatic N) is 1. The number of nitriles is 1. The fourth-order valence-corrected chi connectivity index (χ4v) is 2.88. The van der Waals surface area contributed by atoms with Crippen molar-refractivity contribution in [2.45, 2.75) is 31.7 Å². The molecule has 24 heavy (non-hydrogen) atoms. The van der Waals surface area contributed by atoms with Crippen molar-refractivity contribution in [3.63, 3.8) is 0 Å². The summed E-state index contributed by atoms with van der Waals surface area (Å²) in [6.07, 6.45) is 5.65. The third-order valence-electron chi connectivity index (χ3n) is 4.09. The van der Waals surface area contributed by atoms with Gasteiger partial charge in [0.05, 0.1) is 21.3 Å². The molecular formula is C18H22N2O4. The van der Waals surface area contributed by atoms with E-state index in [0.29, 0.717) is 22.8 Å². The van der Waals surface area contributed by atoms with Crippen LogP contribution in [0.5, 0.6) is 17.2 Å². The molecule has 1 fully saturated rings. The second-order valence-electron chi connectivity index (χ2n) is 5.55. The third-order valence-corrected chi connectivity index (χ3v) is 4.09. The average Bonchev–Trinajstić information content (AvgIpc) is 3.11. The molecule has 0 aliphatic heterocycles. The molecule has 0 atom stereocenters. The Labute approximate surface area is 142 Å². The zero-order chi connectivity index (χ0) is 17.5. The van der Waals surface area contributed by atoms with Gasteiger partial charge >= 0.3 is 0 Å². The van der Waals surface area contributed by atoms with Gasteiger partial charge in [-0.2, -0.15) is 5.26 Å². The van der Waals surface area contributed by atoms with Crippen LogP contribution in [0.4, 0.5) is 0 Å². The molecule has 1 aliphatic rings. The van der Waals surface area contributed by atoms with Crippen LogP contribution in [0.15, 0.2) is 17.7 Å². The summed E-state index contributed by atoms with van der Waals surface area (Å²) < 4.78 is 15.9. The van der Waals surface area contributed by atoms with Crippen LogP contribution in [-0.2, 0) is 4.79 Å². The zero-order valence-electron chi connectivity index (χ0n) is 14.2. The Morgan fingerprint density at radius 1 is 1.17 bits per heavy atom. The van der Waals surface area contributed by atoms with E-state index in [1.807, 2.05) is 6.07 Å². The second kappa shape index (κ2) is 8.25. The van der Waals surface area contributed by atoms with E-state index in [0.717, 1.165) is 25.7 Å². The fourth-order valence-electron chi connectivity index (χ4n) is 2.88. The standard InChI is InChI=1S/C18H22N2O4/c1-22-15-9-8-12(16(23-2)17(15)24-3)10-13(11-19)18(21)20-14-6-4-5-7-14/h8-10,14H,4-7H2,1-3H3,(H,20,21)/b13-10-. The molecule has 1 N–H and O–H groups in total. The van der Waals surface area contributed by atoms with Gasteiger partial charge in [0.15, 0.2) is 11.5 Å². The monoisotopic (exact) mass is 330 g/mol. The molecule has 1 aromatic carbocycles. The molecule has 1 aromatic rings. The minimum absolute atomic E-state index is 0.0346. The SMILES string of the molecule is COc1ccc(/C=C(/C#N)C(=O)NC2CCCC2)c(OC)c1OC. The highest BCUT2D eigenvalue weighted by Gasteiger charge is 2.21. The van der Waals surface area contributed by atoms with Crippen LogP contribution in [0.2, 0.25) is 0 Å². The summed E-state index contributed by atoms with van der Waals surface area (Å²) >= 11 is 0. The highest BCUT2D eigenvalue weighted by Crippen LogP contribution is 2.40. The van der Waals surface area contributed by atoms with Crippen LogP contribution in [0, 0.1) is 11.3 Å². The summed E-state index contributed by atoms with van der Waals surface area (Å²) in [7, 11) is 4.54. The van der Waals surface area contributed by atoms with E-state index in [9.17, 15) is 10.1 Å². The Morgan fingerprint density at radius 3 is 2.38 bits per heavy atom. The first-order valence-electron chi connectivity index (χ1n) is 7.86. The Kier molecular flexibility index (Phi) is 6.07. The lowest BCUT2D eigenvalue weighted by Gasteiger charge is -2.15. The molecule has 0 bridgehead atoms. The van der Waals surface area contributed by atoms with Crippen molar-refractivity contribution in [1.29, 1.82) is 5.26 Å². The van der Waals surface area contributed by atoms with Gasteiger partial charge in [0, 0.05) is 11.6 Å². The Hall–Kier alpha value is -2.68. The summed E-state index contributed by atoms with van der Waals surface area (Å²) in [5, 5.41) is 12.3. The topological polar surface area (TPSA) is 80.6 Å². The molecule has 0 aromatic heterocycles. The van der Waals surface area contributed by atoms with Gasteiger partial charge in [0.1, 0.15) is 11.6 Å². The minimum Gasteiger partial charge on any atom is -0.493 e. The zero-order valence-corrected chi connectivity index (χ0v) is 14.2. The molecule has 0 heterocycles. The number of hydrogen-bond donors (Lipinski definition) is 1. The van der Waals surface area contributed by atoms with Crippen LogP contribution >= 0.6 is 0 Å². The Balaban J connectivity index is 2.33. The van der Waals surface area contributed by atoms with Crippen molar-refractivity contribution in [3.05, 3.63) is 23.3 Å². The number of nitrogens with one attached hydrogen (secondary N) is 1. The minimum atomic E-state index is -0.360.